The van der Waals surface area contributed by atoms with Crippen LogP contribution in [0.1, 0.15) is 47.7 Å². The van der Waals surface area contributed by atoms with E-state index < -0.39 is 0 Å². The summed E-state index contributed by atoms with van der Waals surface area (Å²) in [5, 5.41) is 0. The van der Waals surface area contributed by atoms with Crippen LogP contribution in [-0.2, 0) is 4.79 Å². The first-order valence-electron chi connectivity index (χ1n) is 7.98. The fourth-order valence-corrected chi connectivity index (χ4v) is 3.30. The lowest BCUT2D eigenvalue weighted by atomic mass is 9.84. The molecule has 0 aliphatic carbocycles. The summed E-state index contributed by atoms with van der Waals surface area (Å²) < 4.78 is 24.5. The van der Waals surface area contributed by atoms with E-state index in [1.165, 1.54) is 12.1 Å². The normalized spacial score (nSPS) is 18.4. The van der Waals surface area contributed by atoms with Crippen molar-refractivity contribution in [2.45, 2.75) is 26.2 Å². The van der Waals surface area contributed by atoms with Crippen LogP contribution < -0.4 is 9.47 Å². The zero-order valence-corrected chi connectivity index (χ0v) is 13.8. The number of hydrogen-bond donors (Lipinski definition) is 0. The highest BCUT2D eigenvalue weighted by atomic mass is 19.1. The summed E-state index contributed by atoms with van der Waals surface area (Å²) in [6.45, 7) is 3.62. The summed E-state index contributed by atoms with van der Waals surface area (Å²) in [7, 11) is 0. The quantitative estimate of drug-likeness (QED) is 0.446. The molecule has 2 aliphatic heterocycles. The lowest BCUT2D eigenvalue weighted by molar-refractivity contribution is -0.135. The first-order chi connectivity index (χ1) is 12.0. The number of esters is 1. The molecular formula is C20H15FO4. The Balaban J connectivity index is 1.91. The third-order valence-corrected chi connectivity index (χ3v) is 4.48. The Morgan fingerprint density at radius 3 is 2.44 bits per heavy atom. The number of benzene rings is 2. The number of rotatable bonds is 1. The van der Waals surface area contributed by atoms with Crippen molar-refractivity contribution in [2.24, 2.45) is 0 Å². The van der Waals surface area contributed by atoms with Gasteiger partial charge in [0.1, 0.15) is 17.3 Å². The smallest absolute Gasteiger partial charge is 0.312 e. The van der Waals surface area contributed by atoms with Crippen LogP contribution in [0.15, 0.2) is 47.7 Å². The number of ether oxygens (including phenoxy) is 2. The van der Waals surface area contributed by atoms with E-state index in [2.05, 4.69) is 0 Å². The Bertz CT molecular complexity index is 937. The predicted octanol–water partition coefficient (Wildman–Crippen LogP) is 4.14. The molecule has 0 saturated carbocycles. The van der Waals surface area contributed by atoms with E-state index >= 15 is 0 Å². The molecule has 0 radical (unpaired) electrons. The number of fused-ring (bicyclic) bond motifs is 3. The Morgan fingerprint density at radius 2 is 1.76 bits per heavy atom. The molecule has 126 valence electrons. The molecule has 5 heteroatoms. The highest BCUT2D eigenvalue weighted by Gasteiger charge is 2.38. The number of hydrogen-bond acceptors (Lipinski definition) is 4. The monoisotopic (exact) mass is 338 g/mol. The van der Waals surface area contributed by atoms with E-state index in [1.54, 1.807) is 24.3 Å². The van der Waals surface area contributed by atoms with E-state index in [4.69, 9.17) is 9.47 Å². The van der Waals surface area contributed by atoms with Crippen molar-refractivity contribution in [2.75, 3.05) is 0 Å². The number of carbonyl (C=O) groups excluding carboxylic acids is 2. The van der Waals surface area contributed by atoms with E-state index in [-0.39, 0.29) is 29.9 Å². The molecule has 4 rings (SSSR count). The van der Waals surface area contributed by atoms with Gasteiger partial charge in [0.05, 0.1) is 12.0 Å². The van der Waals surface area contributed by atoms with E-state index in [1.807, 2.05) is 13.8 Å². The zero-order chi connectivity index (χ0) is 17.7. The summed E-state index contributed by atoms with van der Waals surface area (Å²) in [5.74, 6) is -0.123. The number of carbonyl (C=O) groups is 2. The van der Waals surface area contributed by atoms with Gasteiger partial charge in [-0.05, 0) is 49.2 Å². The Hall–Kier alpha value is -2.95. The molecule has 0 fully saturated rings. The van der Waals surface area contributed by atoms with Gasteiger partial charge < -0.3 is 9.47 Å². The van der Waals surface area contributed by atoms with E-state index in [0.29, 0.717) is 28.4 Å². The lowest BCUT2D eigenvalue weighted by Crippen LogP contribution is -2.21. The molecule has 0 unspecified atom stereocenters. The number of ketones is 1. The van der Waals surface area contributed by atoms with Gasteiger partial charge in [-0.2, -0.15) is 0 Å². The van der Waals surface area contributed by atoms with Gasteiger partial charge in [-0.1, -0.05) is 12.1 Å². The molecule has 25 heavy (non-hydrogen) atoms. The number of allylic oxidation sites excluding steroid dienone is 2. The topological polar surface area (TPSA) is 52.6 Å². The number of Topliss-reactive ketones (excluding diaryl/α,β-unsaturated/α-hetero) is 1. The van der Waals surface area contributed by atoms with Crippen molar-refractivity contribution in [1.29, 1.82) is 0 Å². The summed E-state index contributed by atoms with van der Waals surface area (Å²) in [6.07, 6.45) is 0.108. The molecule has 0 bridgehead atoms. The molecule has 0 amide bonds. The molecule has 0 spiro atoms. The first-order valence-corrected chi connectivity index (χ1v) is 7.98. The summed E-state index contributed by atoms with van der Waals surface area (Å²) in [6, 6.07) is 9.22. The zero-order valence-electron chi connectivity index (χ0n) is 13.8. The van der Waals surface area contributed by atoms with Crippen LogP contribution in [0, 0.1) is 5.82 Å². The third-order valence-electron chi connectivity index (χ3n) is 4.48. The van der Waals surface area contributed by atoms with Gasteiger partial charge >= 0.3 is 5.97 Å². The second kappa shape index (κ2) is 5.55. The maximum Gasteiger partial charge on any atom is 0.312 e. The summed E-state index contributed by atoms with van der Waals surface area (Å²) in [4.78, 5) is 24.5. The minimum Gasteiger partial charge on any atom is -0.452 e. The predicted molar refractivity (Wildman–Crippen MR) is 88.3 cm³/mol. The molecule has 0 N–H and O–H groups in total. The minimum absolute atomic E-state index is 0.108. The molecule has 2 heterocycles. The van der Waals surface area contributed by atoms with Gasteiger partial charge in [-0.15, -0.1) is 0 Å². The van der Waals surface area contributed by atoms with Gasteiger partial charge in [0.2, 0.25) is 5.78 Å². The van der Waals surface area contributed by atoms with Gasteiger partial charge in [-0.3, -0.25) is 9.59 Å². The van der Waals surface area contributed by atoms with E-state index in [0.717, 1.165) is 11.1 Å². The summed E-state index contributed by atoms with van der Waals surface area (Å²) >= 11 is 0. The van der Waals surface area contributed by atoms with Crippen molar-refractivity contribution >= 4 is 11.8 Å². The standard InChI is InChI=1S/C20H15FO4/c1-10(2)19-18(23)13-7-8-15-17(20(13)25-19)14(9-16(22)24-15)11-3-5-12(21)6-4-11/h3-8,14H,9H2,1-2H3/t14-/m0/s1. The van der Waals surface area contributed by atoms with Gasteiger partial charge in [-0.25, -0.2) is 4.39 Å². The van der Waals surface area contributed by atoms with Crippen LogP contribution in [0.25, 0.3) is 0 Å². The highest BCUT2D eigenvalue weighted by molar-refractivity contribution is 6.13. The average Bonchev–Trinajstić information content (AvgIpc) is 2.92. The maximum absolute atomic E-state index is 13.3. The van der Waals surface area contributed by atoms with Crippen molar-refractivity contribution < 1.29 is 23.5 Å². The van der Waals surface area contributed by atoms with Crippen molar-refractivity contribution in [3.05, 3.63) is 70.2 Å². The van der Waals surface area contributed by atoms with Gasteiger partial charge in [0, 0.05) is 11.5 Å². The Labute approximate surface area is 143 Å². The minimum atomic E-state index is -0.367. The Morgan fingerprint density at radius 1 is 1.04 bits per heavy atom. The largest absolute Gasteiger partial charge is 0.452 e. The molecular weight excluding hydrogens is 323 g/mol. The highest BCUT2D eigenvalue weighted by Crippen LogP contribution is 2.49. The van der Waals surface area contributed by atoms with Crippen LogP contribution in [-0.4, -0.2) is 11.8 Å². The SMILES string of the molecule is CC(C)=C1Oc2c(ccc3c2[C@H](c2ccc(F)cc2)CC(=O)O3)C1=O. The maximum atomic E-state index is 13.3. The van der Waals surface area contributed by atoms with E-state index in [9.17, 15) is 14.0 Å². The first kappa shape index (κ1) is 15.6. The molecule has 2 aliphatic rings. The molecule has 1 atom stereocenters. The van der Waals surface area contributed by atoms with Crippen molar-refractivity contribution in [1.82, 2.24) is 0 Å². The molecule has 0 aromatic heterocycles. The van der Waals surface area contributed by atoms with Crippen molar-refractivity contribution in [3.63, 3.8) is 0 Å². The second-order valence-electron chi connectivity index (χ2n) is 6.40. The van der Waals surface area contributed by atoms with Crippen LogP contribution in [0.3, 0.4) is 0 Å². The summed E-state index contributed by atoms with van der Waals surface area (Å²) in [5.41, 5.74) is 2.67. The fraction of sp³-hybridized carbons (Fsp3) is 0.200. The molecule has 2 aromatic rings. The van der Waals surface area contributed by atoms with Crippen LogP contribution in [0.5, 0.6) is 11.5 Å². The molecule has 2 aromatic carbocycles. The fourth-order valence-electron chi connectivity index (χ4n) is 3.30. The number of halogens is 1. The second-order valence-corrected chi connectivity index (χ2v) is 6.40. The molecule has 0 saturated heterocycles. The molecule has 4 nitrogen and oxygen atoms in total. The van der Waals surface area contributed by atoms with Crippen LogP contribution in [0.4, 0.5) is 4.39 Å². The lowest BCUT2D eigenvalue weighted by Gasteiger charge is -2.26. The van der Waals surface area contributed by atoms with Gasteiger partial charge in [0.15, 0.2) is 5.76 Å². The third kappa shape index (κ3) is 2.43. The van der Waals surface area contributed by atoms with Crippen molar-refractivity contribution in [3.8, 4) is 11.5 Å². The van der Waals surface area contributed by atoms with Crippen LogP contribution in [0.2, 0.25) is 0 Å². The van der Waals surface area contributed by atoms with Crippen LogP contribution >= 0.6 is 0 Å². The average molecular weight is 338 g/mol. The van der Waals surface area contributed by atoms with Gasteiger partial charge in [0.25, 0.3) is 0 Å². The Kier molecular flexibility index (Phi) is 3.46.